The van der Waals surface area contributed by atoms with Crippen molar-refractivity contribution in [2.75, 3.05) is 11.9 Å². The molecule has 14 nitrogen and oxygen atoms in total. The van der Waals surface area contributed by atoms with Crippen molar-refractivity contribution >= 4 is 48.2 Å². The molecule has 0 radical (unpaired) electrons. The third kappa shape index (κ3) is 7.28. The number of fused-ring (bicyclic) bond motifs is 1. The number of aliphatic hydroxyl groups is 1. The SMILES string of the molecule is O=C(Cc1ccc(OP(=O)(O)O[C@H]2C[C@H](n3cnc4c(NC(=O)c5ccccc5)ncnc43)O[C@@H]2CO)c(Cl)c1)N[C@H]1C=CCC1. The molecule has 0 spiro atoms. The van der Waals surface area contributed by atoms with E-state index in [1.54, 1.807) is 41.0 Å². The van der Waals surface area contributed by atoms with Crippen molar-refractivity contribution in [1.82, 2.24) is 24.8 Å². The monoisotopic (exact) mass is 668 g/mol. The molecule has 1 unspecified atom stereocenters. The molecule has 4 aromatic rings. The zero-order valence-electron chi connectivity index (χ0n) is 24.2. The van der Waals surface area contributed by atoms with E-state index in [1.165, 1.54) is 24.8 Å². The molecule has 5 atom stereocenters. The van der Waals surface area contributed by atoms with Gasteiger partial charge in [-0.2, -0.15) is 0 Å². The first-order valence-corrected chi connectivity index (χ1v) is 16.3. The van der Waals surface area contributed by atoms with Crippen molar-refractivity contribution < 1.29 is 37.9 Å². The predicted molar refractivity (Wildman–Crippen MR) is 166 cm³/mol. The van der Waals surface area contributed by atoms with Crippen LogP contribution in [0.2, 0.25) is 5.02 Å². The van der Waals surface area contributed by atoms with Crippen molar-refractivity contribution in [3.8, 4) is 5.75 Å². The molecule has 1 aliphatic heterocycles. The van der Waals surface area contributed by atoms with Crippen molar-refractivity contribution in [2.45, 2.75) is 50.2 Å². The molecule has 240 valence electrons. The van der Waals surface area contributed by atoms with Crippen LogP contribution in [0.5, 0.6) is 5.75 Å². The standard InChI is InChI=1S/C30H30ClN6O8P/c31-21-12-18(13-25(39)35-20-8-4-5-9-20)10-11-22(21)44-46(41,42)45-23-14-26(43-24(23)15-38)37-17-34-27-28(32-16-33-29(27)37)36-30(40)19-6-2-1-3-7-19/h1-4,6-8,10-12,16-17,20,23-24,26,38H,5,9,13-15H2,(H,35,39)(H,41,42)(H,32,33,36,40)/t20-,23-,24+,26+/m0/s1. The first-order chi connectivity index (χ1) is 22.2. The number of nitrogens with zero attached hydrogens (tertiary/aromatic N) is 4. The molecule has 1 aliphatic carbocycles. The largest absolute Gasteiger partial charge is 0.527 e. The van der Waals surface area contributed by atoms with Crippen LogP contribution in [0.15, 0.2) is 73.3 Å². The van der Waals surface area contributed by atoms with Crippen molar-refractivity contribution in [3.05, 3.63) is 89.5 Å². The number of imidazole rings is 1. The van der Waals surface area contributed by atoms with Crippen LogP contribution < -0.4 is 15.2 Å². The van der Waals surface area contributed by atoms with Crippen molar-refractivity contribution in [1.29, 1.82) is 0 Å². The van der Waals surface area contributed by atoms with Gasteiger partial charge in [0.25, 0.3) is 5.91 Å². The summed E-state index contributed by atoms with van der Waals surface area (Å²) in [6.07, 6.45) is 5.70. The number of halogens is 1. The predicted octanol–water partition coefficient (Wildman–Crippen LogP) is 3.95. The van der Waals surface area contributed by atoms with E-state index in [0.717, 1.165) is 12.8 Å². The summed E-state index contributed by atoms with van der Waals surface area (Å²) in [5.74, 6) is -0.482. The highest BCUT2D eigenvalue weighted by Gasteiger charge is 2.42. The van der Waals surface area contributed by atoms with Crippen LogP contribution in [0.3, 0.4) is 0 Å². The Morgan fingerprint density at radius 3 is 2.72 bits per heavy atom. The topological polar surface area (TPSA) is 187 Å². The number of benzene rings is 2. The summed E-state index contributed by atoms with van der Waals surface area (Å²) in [6.45, 7) is -0.519. The highest BCUT2D eigenvalue weighted by Crippen LogP contribution is 2.50. The minimum atomic E-state index is -4.77. The van der Waals surface area contributed by atoms with Gasteiger partial charge >= 0.3 is 7.82 Å². The number of aromatic nitrogens is 4. The number of aliphatic hydroxyl groups excluding tert-OH is 1. The summed E-state index contributed by atoms with van der Waals surface area (Å²) < 4.78 is 31.2. The quantitative estimate of drug-likeness (QED) is 0.134. The third-order valence-electron chi connectivity index (χ3n) is 7.50. The van der Waals surface area contributed by atoms with Gasteiger partial charge in [0.15, 0.2) is 17.0 Å². The normalized spacial score (nSPS) is 22.1. The summed E-state index contributed by atoms with van der Waals surface area (Å²) in [7, 11) is -4.77. The van der Waals surface area contributed by atoms with Crippen LogP contribution in [0.4, 0.5) is 5.82 Å². The molecule has 2 aromatic heterocycles. The molecule has 0 bridgehead atoms. The summed E-state index contributed by atoms with van der Waals surface area (Å²) in [6, 6.07) is 13.1. The molecule has 1 fully saturated rings. The van der Waals surface area contributed by atoms with E-state index in [0.29, 0.717) is 22.3 Å². The van der Waals surface area contributed by atoms with E-state index in [1.807, 2.05) is 12.2 Å². The van der Waals surface area contributed by atoms with Crippen molar-refractivity contribution in [3.63, 3.8) is 0 Å². The molecule has 46 heavy (non-hydrogen) atoms. The van der Waals surface area contributed by atoms with Gasteiger partial charge < -0.3 is 25.0 Å². The Hall–Kier alpha value is -4.17. The van der Waals surface area contributed by atoms with Gasteiger partial charge in [-0.1, -0.05) is 48.0 Å². The maximum absolute atomic E-state index is 13.0. The van der Waals surface area contributed by atoms with Crippen LogP contribution in [-0.4, -0.2) is 66.2 Å². The first kappa shape index (κ1) is 31.8. The highest BCUT2D eigenvalue weighted by molar-refractivity contribution is 7.47. The molecule has 4 N–H and O–H groups in total. The number of nitrogens with one attached hydrogen (secondary N) is 2. The highest BCUT2D eigenvalue weighted by atomic mass is 35.5. The fraction of sp³-hybridized carbons (Fsp3) is 0.300. The van der Waals surface area contributed by atoms with Crippen LogP contribution >= 0.6 is 19.4 Å². The van der Waals surface area contributed by atoms with E-state index >= 15 is 0 Å². The zero-order chi connectivity index (χ0) is 32.3. The molecule has 2 aliphatic rings. The molecular formula is C30H30ClN6O8P. The Morgan fingerprint density at radius 2 is 1.98 bits per heavy atom. The zero-order valence-corrected chi connectivity index (χ0v) is 25.9. The number of phosphoric ester groups is 1. The lowest BCUT2D eigenvalue weighted by molar-refractivity contribution is -0.120. The second-order valence-corrected chi connectivity index (χ2v) is 12.5. The lowest BCUT2D eigenvalue weighted by atomic mass is 10.1. The number of carbonyl (C=O) groups is 2. The summed E-state index contributed by atoms with van der Waals surface area (Å²) in [4.78, 5) is 48.4. The molecule has 3 heterocycles. The fourth-order valence-electron chi connectivity index (χ4n) is 5.31. The van der Waals surface area contributed by atoms with Gasteiger partial charge in [0, 0.05) is 18.0 Å². The lowest BCUT2D eigenvalue weighted by Gasteiger charge is -2.20. The Kier molecular flexibility index (Phi) is 9.45. The van der Waals surface area contributed by atoms with Gasteiger partial charge in [-0.15, -0.1) is 0 Å². The number of ether oxygens (including phenoxy) is 1. The van der Waals surface area contributed by atoms with E-state index in [2.05, 4.69) is 25.6 Å². The molecule has 2 amide bonds. The minimum absolute atomic E-state index is 0.00996. The second kappa shape index (κ2) is 13.7. The second-order valence-electron chi connectivity index (χ2n) is 10.7. The Labute approximate surface area is 268 Å². The van der Waals surface area contributed by atoms with Gasteiger partial charge in [-0.05, 0) is 42.7 Å². The van der Waals surface area contributed by atoms with Crippen molar-refractivity contribution in [2.24, 2.45) is 0 Å². The molecule has 16 heteroatoms. The van der Waals surface area contributed by atoms with Crippen LogP contribution in [-0.2, 0) is 25.0 Å². The van der Waals surface area contributed by atoms with E-state index in [4.69, 9.17) is 25.4 Å². The number of anilines is 1. The smallest absolute Gasteiger partial charge is 0.403 e. The van der Waals surface area contributed by atoms with E-state index < -0.39 is 32.9 Å². The number of carbonyl (C=O) groups excluding carboxylic acids is 2. The number of phosphoric acid groups is 1. The third-order valence-corrected chi connectivity index (χ3v) is 8.76. The summed E-state index contributed by atoms with van der Waals surface area (Å²) in [5.41, 5.74) is 1.65. The maximum Gasteiger partial charge on any atom is 0.527 e. The average Bonchev–Trinajstić information content (AvgIpc) is 3.79. The van der Waals surface area contributed by atoms with Crippen LogP contribution in [0.25, 0.3) is 11.2 Å². The number of hydrogen-bond donors (Lipinski definition) is 4. The number of rotatable bonds is 11. The Morgan fingerprint density at radius 1 is 1.15 bits per heavy atom. The Bertz CT molecular complexity index is 1820. The average molecular weight is 669 g/mol. The number of allylic oxidation sites excluding steroid dienone is 1. The van der Waals surface area contributed by atoms with Gasteiger partial charge in [0.2, 0.25) is 5.91 Å². The lowest BCUT2D eigenvalue weighted by Crippen LogP contribution is -2.33. The molecule has 0 saturated carbocycles. The van der Waals surface area contributed by atoms with E-state index in [-0.39, 0.29) is 47.3 Å². The van der Waals surface area contributed by atoms with Gasteiger partial charge in [0.1, 0.15) is 30.5 Å². The molecular weight excluding hydrogens is 639 g/mol. The summed E-state index contributed by atoms with van der Waals surface area (Å²) in [5, 5.41) is 15.6. The van der Waals surface area contributed by atoms with E-state index in [9.17, 15) is 24.2 Å². The van der Waals surface area contributed by atoms with Gasteiger partial charge in [-0.3, -0.25) is 23.6 Å². The number of amides is 2. The molecule has 6 rings (SSSR count). The van der Waals surface area contributed by atoms with Crippen LogP contribution in [0, 0.1) is 0 Å². The van der Waals surface area contributed by atoms with Gasteiger partial charge in [-0.25, -0.2) is 19.5 Å². The number of hydrogen-bond acceptors (Lipinski definition) is 10. The molecule has 2 aromatic carbocycles. The fourth-order valence-corrected chi connectivity index (χ4v) is 6.62. The minimum Gasteiger partial charge on any atom is -0.403 e. The molecule has 1 saturated heterocycles. The van der Waals surface area contributed by atoms with Gasteiger partial charge in [0.05, 0.1) is 24.4 Å². The Balaban J connectivity index is 1.10. The maximum atomic E-state index is 13.0. The van der Waals surface area contributed by atoms with Crippen LogP contribution in [0.1, 0.15) is 41.4 Å². The first-order valence-electron chi connectivity index (χ1n) is 14.4. The summed E-state index contributed by atoms with van der Waals surface area (Å²) >= 11 is 6.32.